The fourth-order valence-corrected chi connectivity index (χ4v) is 6.35. The SMILES string of the molecule is CCCCCCCC1CCC(c2ccc(Oc3cccc(N)c3)cc2)(c2ccc(Oc3cccc(N)c3)cc2)CC1. The zero-order valence-corrected chi connectivity index (χ0v) is 24.4. The third-order valence-electron chi connectivity index (χ3n) is 8.68. The maximum atomic E-state index is 6.10. The van der Waals surface area contributed by atoms with Crippen LogP contribution in [0.25, 0.3) is 0 Å². The van der Waals surface area contributed by atoms with Gasteiger partial charge in [0.1, 0.15) is 23.0 Å². The lowest BCUT2D eigenvalue weighted by molar-refractivity contribution is 0.250. The molecule has 0 aliphatic heterocycles. The van der Waals surface area contributed by atoms with Gasteiger partial charge in [0.05, 0.1) is 0 Å². The Morgan fingerprint density at radius 1 is 0.610 bits per heavy atom. The van der Waals surface area contributed by atoms with Crippen LogP contribution in [0.2, 0.25) is 0 Å². The third kappa shape index (κ3) is 7.43. The average Bonchev–Trinajstić information content (AvgIpc) is 2.98. The zero-order chi connectivity index (χ0) is 28.5. The highest BCUT2D eigenvalue weighted by molar-refractivity contribution is 5.48. The minimum absolute atomic E-state index is 0.0237. The Bertz CT molecular complexity index is 1280. The lowest BCUT2D eigenvalue weighted by Gasteiger charge is -2.41. The van der Waals surface area contributed by atoms with E-state index < -0.39 is 0 Å². The number of unbranched alkanes of at least 4 members (excludes halogenated alkanes) is 4. The molecule has 1 saturated carbocycles. The van der Waals surface area contributed by atoms with Gasteiger partial charge in [0, 0.05) is 28.9 Å². The van der Waals surface area contributed by atoms with Gasteiger partial charge in [-0.05, 0) is 91.3 Å². The highest BCUT2D eigenvalue weighted by Crippen LogP contribution is 2.48. The number of anilines is 2. The number of hydrogen-bond donors (Lipinski definition) is 2. The van der Waals surface area contributed by atoms with E-state index in [9.17, 15) is 0 Å². The van der Waals surface area contributed by atoms with Gasteiger partial charge in [0.25, 0.3) is 0 Å². The first-order chi connectivity index (χ1) is 20.0. The fourth-order valence-electron chi connectivity index (χ4n) is 6.35. The summed E-state index contributed by atoms with van der Waals surface area (Å²) in [5.41, 5.74) is 16.0. The summed E-state index contributed by atoms with van der Waals surface area (Å²) >= 11 is 0. The number of benzene rings is 4. The van der Waals surface area contributed by atoms with Crippen molar-refractivity contribution in [2.24, 2.45) is 5.92 Å². The summed E-state index contributed by atoms with van der Waals surface area (Å²) < 4.78 is 12.2. The van der Waals surface area contributed by atoms with Crippen LogP contribution >= 0.6 is 0 Å². The van der Waals surface area contributed by atoms with Crippen molar-refractivity contribution in [2.45, 2.75) is 76.5 Å². The van der Waals surface area contributed by atoms with E-state index in [0.29, 0.717) is 11.4 Å². The molecular formula is C37H44N2O2. The molecule has 214 valence electrons. The van der Waals surface area contributed by atoms with Gasteiger partial charge in [-0.2, -0.15) is 0 Å². The summed E-state index contributed by atoms with van der Waals surface area (Å²) in [5.74, 6) is 3.97. The van der Waals surface area contributed by atoms with Crippen molar-refractivity contribution in [3.63, 3.8) is 0 Å². The first-order valence-corrected chi connectivity index (χ1v) is 15.3. The first-order valence-electron chi connectivity index (χ1n) is 15.3. The van der Waals surface area contributed by atoms with Crippen molar-refractivity contribution in [1.82, 2.24) is 0 Å². The van der Waals surface area contributed by atoms with Gasteiger partial charge < -0.3 is 20.9 Å². The van der Waals surface area contributed by atoms with Crippen molar-refractivity contribution >= 4 is 11.4 Å². The van der Waals surface area contributed by atoms with Crippen LogP contribution in [0.1, 0.15) is 82.3 Å². The van der Waals surface area contributed by atoms with Crippen LogP contribution in [0.5, 0.6) is 23.0 Å². The van der Waals surface area contributed by atoms with Crippen LogP contribution in [0.4, 0.5) is 11.4 Å². The summed E-state index contributed by atoms with van der Waals surface area (Å²) in [5, 5.41) is 0. The highest BCUT2D eigenvalue weighted by atomic mass is 16.5. The molecule has 1 aliphatic rings. The zero-order valence-electron chi connectivity index (χ0n) is 24.4. The van der Waals surface area contributed by atoms with Gasteiger partial charge in [-0.3, -0.25) is 0 Å². The average molecular weight is 549 g/mol. The minimum Gasteiger partial charge on any atom is -0.457 e. The summed E-state index contributed by atoms with van der Waals surface area (Å²) in [6, 6.07) is 32.5. The van der Waals surface area contributed by atoms with Gasteiger partial charge in [-0.25, -0.2) is 0 Å². The van der Waals surface area contributed by atoms with Gasteiger partial charge in [0.15, 0.2) is 0 Å². The van der Waals surface area contributed by atoms with Gasteiger partial charge in [0.2, 0.25) is 0 Å². The molecule has 0 bridgehead atoms. The van der Waals surface area contributed by atoms with Gasteiger partial charge in [-0.15, -0.1) is 0 Å². The molecule has 0 amide bonds. The Hall–Kier alpha value is -3.92. The monoisotopic (exact) mass is 548 g/mol. The molecule has 4 heteroatoms. The van der Waals surface area contributed by atoms with E-state index in [1.807, 2.05) is 48.5 Å². The first kappa shape index (κ1) is 28.6. The van der Waals surface area contributed by atoms with E-state index >= 15 is 0 Å². The molecule has 5 rings (SSSR count). The normalized spacial score (nSPS) is 15.0. The van der Waals surface area contributed by atoms with E-state index in [1.165, 1.54) is 62.5 Å². The quantitative estimate of drug-likeness (QED) is 0.136. The number of nitrogens with two attached hydrogens (primary N) is 2. The number of ether oxygens (including phenoxy) is 2. The molecule has 0 heterocycles. The molecule has 1 fully saturated rings. The summed E-state index contributed by atoms with van der Waals surface area (Å²) in [6.45, 7) is 2.28. The van der Waals surface area contributed by atoms with E-state index in [0.717, 1.165) is 41.8 Å². The summed E-state index contributed by atoms with van der Waals surface area (Å²) in [7, 11) is 0. The molecule has 4 nitrogen and oxygen atoms in total. The van der Waals surface area contributed by atoms with Crippen LogP contribution in [-0.4, -0.2) is 0 Å². The molecule has 4 aromatic carbocycles. The number of rotatable bonds is 12. The molecule has 0 radical (unpaired) electrons. The topological polar surface area (TPSA) is 70.5 Å². The minimum atomic E-state index is -0.0237. The largest absolute Gasteiger partial charge is 0.457 e. The predicted molar refractivity (Wildman–Crippen MR) is 171 cm³/mol. The van der Waals surface area contributed by atoms with Crippen LogP contribution in [0.15, 0.2) is 97.1 Å². The van der Waals surface area contributed by atoms with Crippen LogP contribution < -0.4 is 20.9 Å². The second-order valence-corrected chi connectivity index (χ2v) is 11.6. The van der Waals surface area contributed by atoms with E-state index in [-0.39, 0.29) is 5.41 Å². The fraction of sp³-hybridized carbons (Fsp3) is 0.351. The van der Waals surface area contributed by atoms with E-state index in [1.54, 1.807) is 0 Å². The molecule has 0 aromatic heterocycles. The van der Waals surface area contributed by atoms with E-state index in [2.05, 4.69) is 55.5 Å². The third-order valence-corrected chi connectivity index (χ3v) is 8.68. The van der Waals surface area contributed by atoms with Gasteiger partial charge in [-0.1, -0.05) is 81.8 Å². The summed E-state index contributed by atoms with van der Waals surface area (Å²) in [6.07, 6.45) is 13.0. The standard InChI is InChI=1S/C37H44N2O2/c1-2-3-4-5-6-9-28-22-24-37(25-23-28,29-14-18-33(19-15-29)40-35-12-7-10-31(38)26-35)30-16-20-34(21-17-30)41-36-13-8-11-32(39)27-36/h7-8,10-21,26-28H,2-6,9,22-25,38-39H2,1H3. The lowest BCUT2D eigenvalue weighted by atomic mass is 9.62. The molecule has 4 N–H and O–H groups in total. The highest BCUT2D eigenvalue weighted by Gasteiger charge is 2.38. The van der Waals surface area contributed by atoms with Crippen LogP contribution in [0, 0.1) is 5.92 Å². The van der Waals surface area contributed by atoms with Crippen molar-refractivity contribution in [1.29, 1.82) is 0 Å². The van der Waals surface area contributed by atoms with Gasteiger partial charge >= 0.3 is 0 Å². The second-order valence-electron chi connectivity index (χ2n) is 11.6. The smallest absolute Gasteiger partial charge is 0.129 e. The van der Waals surface area contributed by atoms with Crippen molar-refractivity contribution in [3.8, 4) is 23.0 Å². The molecule has 0 saturated heterocycles. The second kappa shape index (κ2) is 13.6. The molecular weight excluding hydrogens is 504 g/mol. The lowest BCUT2D eigenvalue weighted by Crippen LogP contribution is -2.33. The molecule has 4 aromatic rings. The molecule has 0 unspecified atom stereocenters. The maximum Gasteiger partial charge on any atom is 0.129 e. The Kier molecular flexibility index (Phi) is 9.51. The van der Waals surface area contributed by atoms with Crippen molar-refractivity contribution in [3.05, 3.63) is 108 Å². The van der Waals surface area contributed by atoms with Crippen molar-refractivity contribution < 1.29 is 9.47 Å². The Morgan fingerprint density at radius 2 is 1.10 bits per heavy atom. The van der Waals surface area contributed by atoms with Crippen LogP contribution in [0.3, 0.4) is 0 Å². The number of nitrogen functional groups attached to an aromatic ring is 2. The summed E-state index contributed by atoms with van der Waals surface area (Å²) in [4.78, 5) is 0. The Labute approximate surface area is 245 Å². The maximum absolute atomic E-state index is 6.10. The Morgan fingerprint density at radius 3 is 1.56 bits per heavy atom. The Balaban J connectivity index is 1.34. The molecule has 0 spiro atoms. The van der Waals surface area contributed by atoms with E-state index in [4.69, 9.17) is 20.9 Å². The number of hydrogen-bond acceptors (Lipinski definition) is 4. The molecule has 41 heavy (non-hydrogen) atoms. The predicted octanol–water partition coefficient (Wildman–Crippen LogP) is 10.3. The molecule has 1 aliphatic carbocycles. The van der Waals surface area contributed by atoms with Crippen LogP contribution in [-0.2, 0) is 5.41 Å². The molecule has 0 atom stereocenters. The van der Waals surface area contributed by atoms with Crippen molar-refractivity contribution in [2.75, 3.05) is 11.5 Å².